The van der Waals surface area contributed by atoms with Gasteiger partial charge in [0.25, 0.3) is 0 Å². The summed E-state index contributed by atoms with van der Waals surface area (Å²) in [6.07, 6.45) is 17.1. The Balaban J connectivity index is 0.00000157. The van der Waals surface area contributed by atoms with Gasteiger partial charge in [0.1, 0.15) is 0 Å². The van der Waals surface area contributed by atoms with Crippen LogP contribution in [0, 0.1) is 57.3 Å². The Labute approximate surface area is 361 Å². The number of hydrogen-bond donors (Lipinski definition) is 0. The van der Waals surface area contributed by atoms with Crippen LogP contribution in [0.25, 0.3) is 0 Å². The van der Waals surface area contributed by atoms with Gasteiger partial charge in [-0.3, -0.25) is 0 Å². The third-order valence-corrected chi connectivity index (χ3v) is 21.5. The molecule has 0 spiro atoms. The van der Waals surface area contributed by atoms with Gasteiger partial charge in [-0.05, 0) is 140 Å². The third kappa shape index (κ3) is 12.1. The zero-order valence-corrected chi connectivity index (χ0v) is 42.4. The van der Waals surface area contributed by atoms with Gasteiger partial charge < -0.3 is 19.6 Å². The van der Waals surface area contributed by atoms with E-state index in [1.54, 1.807) is 17.2 Å². The minimum absolute atomic E-state index is 0. The van der Waals surface area contributed by atoms with Crippen LogP contribution in [0.3, 0.4) is 0 Å². The van der Waals surface area contributed by atoms with Crippen LogP contribution in [0.4, 0.5) is 0 Å². The molecular weight excluding hydrogens is 807 g/mol. The van der Waals surface area contributed by atoms with Crippen molar-refractivity contribution in [2.24, 2.45) is 35.5 Å². The third-order valence-electron chi connectivity index (χ3n) is 15.1. The first-order chi connectivity index (χ1) is 25.1. The van der Waals surface area contributed by atoms with E-state index in [9.17, 15) is 0 Å². The van der Waals surface area contributed by atoms with E-state index < -0.39 is 28.9 Å². The second-order valence-corrected chi connectivity index (χ2v) is 29.3. The van der Waals surface area contributed by atoms with E-state index in [1.807, 2.05) is 0 Å². The van der Waals surface area contributed by atoms with Crippen molar-refractivity contribution in [1.29, 1.82) is 0 Å². The Morgan fingerprint density at radius 2 is 1.09 bits per heavy atom. The second kappa shape index (κ2) is 21.6. The van der Waals surface area contributed by atoms with E-state index in [1.165, 1.54) is 88.2 Å². The molecule has 0 aliphatic heterocycles. The van der Waals surface area contributed by atoms with Gasteiger partial charge in [-0.25, -0.2) is 0 Å². The predicted molar refractivity (Wildman–Crippen MR) is 244 cm³/mol. The van der Waals surface area contributed by atoms with Gasteiger partial charge in [-0.15, -0.1) is 0 Å². The molecular formula is C50H82Cl2OSiZr. The Kier molecular flexibility index (Phi) is 19.4. The quantitative estimate of drug-likeness (QED) is 0.124. The van der Waals surface area contributed by atoms with Gasteiger partial charge in [-0.2, -0.15) is 0 Å². The summed E-state index contributed by atoms with van der Waals surface area (Å²) in [5.41, 5.74) is 8.41. The number of benzene rings is 2. The molecule has 0 radical (unpaired) electrons. The van der Waals surface area contributed by atoms with Crippen molar-refractivity contribution >= 4 is 25.1 Å². The SMILES string of the molecule is Cc1ccc(C2CCCC3C2CC(C)C3[Si](C)(CCCCCCOC(C)(C)C)C2C(C)CC3C(c4ccc(C(C)(C)C)cc4)CCCC32)cc1.[CH3-].[CH3-].[Cl][Zr+2][Cl]. The first kappa shape index (κ1) is 49.4. The summed E-state index contributed by atoms with van der Waals surface area (Å²) in [7, 11) is 8.21. The first-order valence-electron chi connectivity index (χ1n) is 21.9. The zero-order valence-electron chi connectivity index (χ0n) is 37.5. The van der Waals surface area contributed by atoms with Gasteiger partial charge in [0.15, 0.2) is 0 Å². The fourth-order valence-corrected chi connectivity index (χ4v) is 21.0. The number of hydrogen-bond acceptors (Lipinski definition) is 1. The molecule has 4 aliphatic carbocycles. The second-order valence-electron chi connectivity index (χ2n) is 20.7. The molecule has 0 amide bonds. The van der Waals surface area contributed by atoms with Crippen LogP contribution >= 0.6 is 17.0 Å². The zero-order chi connectivity index (χ0) is 38.6. The topological polar surface area (TPSA) is 9.23 Å². The van der Waals surface area contributed by atoms with Crippen LogP contribution < -0.4 is 0 Å². The fraction of sp³-hybridized carbons (Fsp3) is 0.720. The number of halogens is 2. The molecule has 1 nitrogen and oxygen atoms in total. The maximum atomic E-state index is 6.12. The summed E-state index contributed by atoms with van der Waals surface area (Å²) >= 11 is -0.826. The summed E-state index contributed by atoms with van der Waals surface area (Å²) in [4.78, 5) is 0. The summed E-state index contributed by atoms with van der Waals surface area (Å²) in [5, 5.41) is 0. The van der Waals surface area contributed by atoms with Crippen molar-refractivity contribution in [2.45, 2.75) is 186 Å². The molecule has 11 atom stereocenters. The molecule has 310 valence electrons. The van der Waals surface area contributed by atoms with Crippen LogP contribution in [-0.4, -0.2) is 20.3 Å². The van der Waals surface area contributed by atoms with Crippen LogP contribution in [0.5, 0.6) is 0 Å². The van der Waals surface area contributed by atoms with E-state index in [2.05, 4.69) is 117 Å². The summed E-state index contributed by atoms with van der Waals surface area (Å²) in [6.45, 7) is 25.3. The number of aryl methyl sites for hydroxylation is 1. The summed E-state index contributed by atoms with van der Waals surface area (Å²) in [5.74, 6) is 7.04. The van der Waals surface area contributed by atoms with Crippen LogP contribution in [0.1, 0.15) is 167 Å². The standard InChI is InChI=1S/C48H76OSi.2CH3.2ClH.Zr/c1-33-21-23-36(24-22-33)39-17-15-19-41-43(39)31-34(2)45(41)50(10,30-14-12-11-13-29-49-48(7,8)9)46-35(3)32-44-40(18-16-20-42(44)46)37-25-27-38(28-26-37)47(4,5)6;;;;;/h21-28,34-35,39-46H,11-20,29-32H2,1-10H3;2*1H3;2*1H;/q;2*-1;;;+4/p-2. The minimum atomic E-state index is -1.66. The van der Waals surface area contributed by atoms with Crippen LogP contribution in [-0.2, 0) is 31.0 Å². The maximum absolute atomic E-state index is 6.12. The normalized spacial score (nSPS) is 31.3. The van der Waals surface area contributed by atoms with Crippen molar-refractivity contribution in [2.75, 3.05) is 6.61 Å². The molecule has 4 aliphatic rings. The van der Waals surface area contributed by atoms with Crippen molar-refractivity contribution < 1.29 is 25.6 Å². The van der Waals surface area contributed by atoms with Gasteiger partial charge >= 0.3 is 37.9 Å². The van der Waals surface area contributed by atoms with Crippen LogP contribution in [0.2, 0.25) is 23.7 Å². The monoisotopic (exact) mass is 886 g/mol. The predicted octanol–water partition coefficient (Wildman–Crippen LogP) is 16.5. The molecule has 0 saturated heterocycles. The average Bonchev–Trinajstić information content (AvgIpc) is 3.63. The van der Waals surface area contributed by atoms with Crippen molar-refractivity contribution in [3.05, 3.63) is 85.6 Å². The Hall–Kier alpha value is 0.0800. The van der Waals surface area contributed by atoms with Gasteiger partial charge in [-0.1, -0.05) is 146 Å². The molecule has 55 heavy (non-hydrogen) atoms. The van der Waals surface area contributed by atoms with E-state index in [4.69, 9.17) is 21.8 Å². The number of unbranched alkanes of at least 4 members (excludes halogenated alkanes) is 3. The van der Waals surface area contributed by atoms with E-state index >= 15 is 0 Å². The number of fused-ring (bicyclic) bond motifs is 2. The molecule has 0 bridgehead atoms. The average molecular weight is 889 g/mol. The van der Waals surface area contributed by atoms with Crippen molar-refractivity contribution in [3.63, 3.8) is 0 Å². The number of rotatable bonds is 11. The fourth-order valence-electron chi connectivity index (χ4n) is 13.2. The molecule has 2 aromatic carbocycles. The summed E-state index contributed by atoms with van der Waals surface area (Å²) in [6, 6.07) is 21.4. The molecule has 0 heterocycles. The molecule has 11 unspecified atom stereocenters. The first-order valence-corrected chi connectivity index (χ1v) is 31.1. The molecule has 6 rings (SSSR count). The van der Waals surface area contributed by atoms with E-state index in [0.717, 1.165) is 65.0 Å². The molecule has 2 aromatic rings. The Morgan fingerprint density at radius 3 is 1.53 bits per heavy atom. The molecule has 0 N–H and O–H groups in total. The summed E-state index contributed by atoms with van der Waals surface area (Å²) < 4.78 is 6.12. The van der Waals surface area contributed by atoms with Crippen molar-refractivity contribution in [3.8, 4) is 0 Å². The Bertz CT molecular complexity index is 1400. The van der Waals surface area contributed by atoms with Gasteiger partial charge in [0, 0.05) is 6.61 Å². The van der Waals surface area contributed by atoms with Crippen molar-refractivity contribution in [1.82, 2.24) is 0 Å². The Morgan fingerprint density at radius 1 is 0.655 bits per heavy atom. The van der Waals surface area contributed by atoms with E-state index in [0.29, 0.717) is 0 Å². The van der Waals surface area contributed by atoms with Gasteiger partial charge in [0.05, 0.1) is 13.7 Å². The molecule has 4 fully saturated rings. The number of ether oxygens (including phenoxy) is 1. The molecule has 5 heteroatoms. The van der Waals surface area contributed by atoms with E-state index in [-0.39, 0.29) is 25.9 Å². The molecule has 4 saturated carbocycles. The van der Waals surface area contributed by atoms with Crippen LogP contribution in [0.15, 0.2) is 48.5 Å². The molecule has 0 aromatic heterocycles. The van der Waals surface area contributed by atoms with Gasteiger partial charge in [0.2, 0.25) is 0 Å².